The number of carbonyl (C=O) groups is 1. The molecule has 0 radical (unpaired) electrons. The molecule has 1 atom stereocenters. The maximum atomic E-state index is 13.9. The lowest BCUT2D eigenvalue weighted by Gasteiger charge is -2.17. The van der Waals surface area contributed by atoms with E-state index in [1.54, 1.807) is 23.1 Å². The van der Waals surface area contributed by atoms with Gasteiger partial charge in [0, 0.05) is 18.7 Å². The summed E-state index contributed by atoms with van der Waals surface area (Å²) >= 11 is 0. The van der Waals surface area contributed by atoms with Crippen molar-refractivity contribution in [2.45, 2.75) is 32.1 Å². The highest BCUT2D eigenvalue weighted by Gasteiger charge is 2.35. The van der Waals surface area contributed by atoms with Crippen LogP contribution < -0.4 is 4.90 Å². The fourth-order valence-corrected chi connectivity index (χ4v) is 3.31. The van der Waals surface area contributed by atoms with Gasteiger partial charge in [0.15, 0.2) is 0 Å². The molecular formula is C21H20FN3O2. The van der Waals surface area contributed by atoms with Gasteiger partial charge in [0.05, 0.1) is 11.5 Å². The number of amides is 1. The van der Waals surface area contributed by atoms with Gasteiger partial charge in [-0.2, -0.15) is 4.98 Å². The van der Waals surface area contributed by atoms with Crippen LogP contribution >= 0.6 is 0 Å². The summed E-state index contributed by atoms with van der Waals surface area (Å²) in [4.78, 5) is 18.5. The molecule has 1 amide bonds. The molecule has 4 rings (SSSR count). The minimum atomic E-state index is -0.404. The Labute approximate surface area is 156 Å². The van der Waals surface area contributed by atoms with Crippen LogP contribution in [-0.2, 0) is 4.79 Å². The van der Waals surface area contributed by atoms with E-state index in [-0.39, 0.29) is 23.2 Å². The van der Waals surface area contributed by atoms with Crippen LogP contribution in [0.4, 0.5) is 10.1 Å². The molecule has 0 N–H and O–H groups in total. The average Bonchev–Trinajstić information content (AvgIpc) is 3.29. The molecule has 2 heterocycles. The summed E-state index contributed by atoms with van der Waals surface area (Å²) in [5.74, 6) is 0.423. The van der Waals surface area contributed by atoms with Crippen LogP contribution in [0, 0.1) is 5.82 Å². The summed E-state index contributed by atoms with van der Waals surface area (Å²) in [6.45, 7) is 4.74. The van der Waals surface area contributed by atoms with Gasteiger partial charge >= 0.3 is 0 Å². The second-order valence-corrected chi connectivity index (χ2v) is 7.09. The number of halogens is 1. The van der Waals surface area contributed by atoms with Crippen LogP contribution in [0.3, 0.4) is 0 Å². The smallest absolute Gasteiger partial charge is 0.232 e. The Morgan fingerprint density at radius 3 is 2.59 bits per heavy atom. The monoisotopic (exact) mass is 365 g/mol. The number of rotatable bonds is 4. The van der Waals surface area contributed by atoms with Gasteiger partial charge in [0.25, 0.3) is 0 Å². The molecule has 5 nitrogen and oxygen atoms in total. The van der Waals surface area contributed by atoms with Crippen LogP contribution in [-0.4, -0.2) is 22.6 Å². The average molecular weight is 365 g/mol. The Morgan fingerprint density at radius 1 is 1.15 bits per heavy atom. The first kappa shape index (κ1) is 17.4. The van der Waals surface area contributed by atoms with E-state index in [0.717, 1.165) is 5.69 Å². The Morgan fingerprint density at radius 2 is 1.89 bits per heavy atom. The van der Waals surface area contributed by atoms with E-state index in [1.807, 2.05) is 24.3 Å². The van der Waals surface area contributed by atoms with Crippen molar-refractivity contribution < 1.29 is 13.7 Å². The first-order valence-corrected chi connectivity index (χ1v) is 9.01. The zero-order chi connectivity index (χ0) is 19.0. The van der Waals surface area contributed by atoms with E-state index in [0.29, 0.717) is 24.8 Å². The van der Waals surface area contributed by atoms with Crippen molar-refractivity contribution in [3.8, 4) is 11.4 Å². The predicted molar refractivity (Wildman–Crippen MR) is 99.9 cm³/mol. The van der Waals surface area contributed by atoms with Gasteiger partial charge in [-0.3, -0.25) is 4.79 Å². The molecule has 1 aromatic heterocycles. The number of nitrogens with zero attached hydrogens (tertiary/aromatic N) is 3. The van der Waals surface area contributed by atoms with Gasteiger partial charge < -0.3 is 9.42 Å². The van der Waals surface area contributed by atoms with Gasteiger partial charge in [-0.15, -0.1) is 0 Å². The van der Waals surface area contributed by atoms with Crippen molar-refractivity contribution >= 4 is 11.6 Å². The first-order chi connectivity index (χ1) is 13.0. The molecule has 0 spiro atoms. The molecule has 1 aliphatic heterocycles. The Hall–Kier alpha value is -3.02. The van der Waals surface area contributed by atoms with E-state index < -0.39 is 5.82 Å². The van der Waals surface area contributed by atoms with Crippen LogP contribution in [0.5, 0.6) is 0 Å². The van der Waals surface area contributed by atoms with E-state index in [4.69, 9.17) is 4.52 Å². The second-order valence-electron chi connectivity index (χ2n) is 7.09. The minimum absolute atomic E-state index is 0.0166. The van der Waals surface area contributed by atoms with E-state index in [2.05, 4.69) is 24.0 Å². The molecule has 27 heavy (non-hydrogen) atoms. The Kier molecular flexibility index (Phi) is 4.48. The maximum absolute atomic E-state index is 13.9. The SMILES string of the molecule is CC(C)c1ccc(N2C[C@@H](c3nc(-c4ccccc4F)no3)CC2=O)cc1. The van der Waals surface area contributed by atoms with Crippen molar-refractivity contribution in [1.29, 1.82) is 0 Å². The van der Waals surface area contributed by atoms with Gasteiger partial charge in [-0.05, 0) is 35.7 Å². The summed E-state index contributed by atoms with van der Waals surface area (Å²) in [7, 11) is 0. The molecular weight excluding hydrogens is 345 g/mol. The third-order valence-corrected chi connectivity index (χ3v) is 4.90. The highest BCUT2D eigenvalue weighted by atomic mass is 19.1. The molecule has 3 aromatic rings. The topological polar surface area (TPSA) is 59.2 Å². The number of hydrogen-bond acceptors (Lipinski definition) is 4. The fraction of sp³-hybridized carbons (Fsp3) is 0.286. The number of anilines is 1. The predicted octanol–water partition coefficient (Wildman–Crippen LogP) is 4.52. The molecule has 0 bridgehead atoms. The molecule has 1 fully saturated rings. The highest BCUT2D eigenvalue weighted by molar-refractivity contribution is 5.96. The van der Waals surface area contributed by atoms with Crippen molar-refractivity contribution in [3.05, 3.63) is 65.8 Å². The van der Waals surface area contributed by atoms with Gasteiger partial charge in [-0.1, -0.05) is 43.3 Å². The maximum Gasteiger partial charge on any atom is 0.232 e. The second kappa shape index (κ2) is 6.95. The normalized spacial score (nSPS) is 17.1. The van der Waals surface area contributed by atoms with Gasteiger partial charge in [0.1, 0.15) is 5.82 Å². The highest BCUT2D eigenvalue weighted by Crippen LogP contribution is 2.32. The van der Waals surface area contributed by atoms with E-state index in [1.165, 1.54) is 11.6 Å². The summed E-state index contributed by atoms with van der Waals surface area (Å²) < 4.78 is 19.2. The van der Waals surface area contributed by atoms with E-state index in [9.17, 15) is 9.18 Å². The lowest BCUT2D eigenvalue weighted by atomic mass is 10.0. The third-order valence-electron chi connectivity index (χ3n) is 4.90. The Balaban J connectivity index is 1.53. The van der Waals surface area contributed by atoms with Crippen molar-refractivity contribution in [3.63, 3.8) is 0 Å². The standard InChI is InChI=1S/C21H20FN3O2/c1-13(2)14-7-9-16(10-8-14)25-12-15(11-19(25)26)21-23-20(24-27-21)17-5-3-4-6-18(17)22/h3-10,13,15H,11-12H2,1-2H3/t15-/m0/s1. The van der Waals surface area contributed by atoms with Gasteiger partial charge in [0.2, 0.25) is 17.6 Å². The lowest BCUT2D eigenvalue weighted by molar-refractivity contribution is -0.117. The summed E-state index contributed by atoms with van der Waals surface area (Å²) in [5, 5.41) is 3.89. The number of carbonyl (C=O) groups excluding carboxylic acids is 1. The fourth-order valence-electron chi connectivity index (χ4n) is 3.31. The van der Waals surface area contributed by atoms with Crippen LogP contribution in [0.2, 0.25) is 0 Å². The zero-order valence-corrected chi connectivity index (χ0v) is 15.2. The largest absolute Gasteiger partial charge is 0.339 e. The molecule has 138 valence electrons. The summed E-state index contributed by atoms with van der Waals surface area (Å²) in [5.41, 5.74) is 2.38. The molecule has 0 aliphatic carbocycles. The van der Waals surface area contributed by atoms with Crippen LogP contribution in [0.15, 0.2) is 53.1 Å². The molecule has 2 aromatic carbocycles. The quantitative estimate of drug-likeness (QED) is 0.682. The van der Waals surface area contributed by atoms with Crippen molar-refractivity contribution in [2.24, 2.45) is 0 Å². The number of benzene rings is 2. The Bertz CT molecular complexity index is 966. The number of aromatic nitrogens is 2. The van der Waals surface area contributed by atoms with Crippen LogP contribution in [0.25, 0.3) is 11.4 Å². The van der Waals surface area contributed by atoms with Crippen molar-refractivity contribution in [1.82, 2.24) is 10.1 Å². The summed E-state index contributed by atoms with van der Waals surface area (Å²) in [6, 6.07) is 14.3. The summed E-state index contributed by atoms with van der Waals surface area (Å²) in [6.07, 6.45) is 0.296. The molecule has 0 saturated carbocycles. The molecule has 6 heteroatoms. The van der Waals surface area contributed by atoms with Crippen LogP contribution in [0.1, 0.15) is 43.6 Å². The third kappa shape index (κ3) is 3.35. The molecule has 1 saturated heterocycles. The first-order valence-electron chi connectivity index (χ1n) is 9.01. The van der Waals surface area contributed by atoms with Gasteiger partial charge in [-0.25, -0.2) is 4.39 Å². The minimum Gasteiger partial charge on any atom is -0.339 e. The molecule has 0 unspecified atom stereocenters. The van der Waals surface area contributed by atoms with E-state index >= 15 is 0 Å². The van der Waals surface area contributed by atoms with Crippen molar-refractivity contribution in [2.75, 3.05) is 11.4 Å². The number of hydrogen-bond donors (Lipinski definition) is 0. The lowest BCUT2D eigenvalue weighted by Crippen LogP contribution is -2.24. The zero-order valence-electron chi connectivity index (χ0n) is 15.2. The molecule has 1 aliphatic rings.